The van der Waals surface area contributed by atoms with Crippen LogP contribution in [-0.4, -0.2) is 30.8 Å². The zero-order chi connectivity index (χ0) is 11.1. The second-order valence-corrected chi connectivity index (χ2v) is 3.34. The number of ether oxygens (including phenoxy) is 1. The fraction of sp³-hybridized carbons (Fsp3) is 0.500. The molecule has 0 fully saturated rings. The lowest BCUT2D eigenvalue weighted by atomic mass is 10.3. The van der Waals surface area contributed by atoms with Crippen molar-refractivity contribution in [3.63, 3.8) is 0 Å². The minimum Gasteiger partial charge on any atom is -0.491 e. The molecule has 0 amide bonds. The van der Waals surface area contributed by atoms with E-state index in [0.29, 0.717) is 6.61 Å². The molecule has 0 spiro atoms. The van der Waals surface area contributed by atoms with E-state index in [9.17, 15) is 0 Å². The summed E-state index contributed by atoms with van der Waals surface area (Å²) >= 11 is 0. The number of likely N-dealkylation sites (N-methyl/N-ethyl adjacent to an activating group) is 1. The van der Waals surface area contributed by atoms with Crippen molar-refractivity contribution in [2.24, 2.45) is 5.73 Å². The third-order valence-electron chi connectivity index (χ3n) is 2.38. The Hall–Kier alpha value is -1.06. The van der Waals surface area contributed by atoms with E-state index in [1.165, 1.54) is 0 Å². The summed E-state index contributed by atoms with van der Waals surface area (Å²) in [4.78, 5) is 2.16. The van der Waals surface area contributed by atoms with Crippen molar-refractivity contribution >= 4 is 0 Å². The number of nitrogens with two attached hydrogens (primary N) is 1. The maximum atomic E-state index is 5.98. The van der Waals surface area contributed by atoms with E-state index < -0.39 is 0 Å². The monoisotopic (exact) mass is 207 g/mol. The summed E-state index contributed by atoms with van der Waals surface area (Å²) in [6, 6.07) is 10.4. The molecule has 0 aliphatic heterocycles. The van der Waals surface area contributed by atoms with E-state index in [-0.39, 0.29) is 6.17 Å². The van der Waals surface area contributed by atoms with E-state index in [0.717, 1.165) is 18.8 Å². The number of hydrogen-bond acceptors (Lipinski definition) is 3. The molecule has 0 heterocycles. The van der Waals surface area contributed by atoms with Gasteiger partial charge in [0.1, 0.15) is 12.4 Å². The highest BCUT2D eigenvalue weighted by atomic mass is 16.5. The molecule has 1 aromatic carbocycles. The molecule has 15 heavy (non-hydrogen) atoms. The maximum Gasteiger partial charge on any atom is 0.120 e. The first-order chi connectivity index (χ1) is 7.27. The Labute approximate surface area is 91.8 Å². The Kier molecular flexibility index (Phi) is 5.15. The van der Waals surface area contributed by atoms with Crippen LogP contribution in [0.1, 0.15) is 13.8 Å². The van der Waals surface area contributed by atoms with Gasteiger partial charge in [0, 0.05) is 0 Å². The lowest BCUT2D eigenvalue weighted by Gasteiger charge is -2.25. The van der Waals surface area contributed by atoms with E-state index in [1.807, 2.05) is 24.3 Å². The van der Waals surface area contributed by atoms with Gasteiger partial charge >= 0.3 is 0 Å². The first-order valence-electron chi connectivity index (χ1n) is 5.36. The van der Waals surface area contributed by atoms with Crippen LogP contribution in [0.5, 0.6) is 5.75 Å². The van der Waals surface area contributed by atoms with Gasteiger partial charge in [0.05, 0.1) is 6.17 Å². The van der Waals surface area contributed by atoms with Crippen LogP contribution in [0.4, 0.5) is 0 Å². The Morgan fingerprint density at radius 2 is 2.20 bits per heavy atom. The van der Waals surface area contributed by atoms with Crippen molar-refractivity contribution in [2.75, 3.05) is 19.7 Å². The molecule has 2 N–H and O–H groups in total. The zero-order valence-corrected chi connectivity index (χ0v) is 9.44. The number of rotatable bonds is 6. The molecule has 0 aliphatic carbocycles. The van der Waals surface area contributed by atoms with E-state index in [4.69, 9.17) is 10.5 Å². The normalized spacial score (nSPS) is 12.8. The Bertz CT molecular complexity index is 260. The standard InChI is InChI=1S/C12H19N2O/c1-3-14(4-2)12(13)10-15-11-8-6-5-7-9-11/h5-6,8-9,12H,3-4,10,13H2,1-2H3. The molecule has 0 aromatic heterocycles. The van der Waals surface area contributed by atoms with Crippen molar-refractivity contribution in [1.82, 2.24) is 4.90 Å². The molecule has 3 nitrogen and oxygen atoms in total. The number of benzene rings is 1. The third-order valence-corrected chi connectivity index (χ3v) is 2.38. The molecule has 1 aromatic rings. The summed E-state index contributed by atoms with van der Waals surface area (Å²) in [7, 11) is 0. The molecule has 0 aliphatic rings. The summed E-state index contributed by atoms with van der Waals surface area (Å²) in [6.45, 7) is 6.60. The van der Waals surface area contributed by atoms with Gasteiger partial charge in [0.2, 0.25) is 0 Å². The Balaban J connectivity index is 2.36. The SMILES string of the molecule is CCN(CC)C(N)COc1c[c]ccc1. The van der Waals surface area contributed by atoms with Gasteiger partial charge in [-0.25, -0.2) is 0 Å². The smallest absolute Gasteiger partial charge is 0.120 e. The van der Waals surface area contributed by atoms with Crippen LogP contribution in [-0.2, 0) is 0 Å². The first-order valence-corrected chi connectivity index (χ1v) is 5.36. The van der Waals surface area contributed by atoms with Crippen molar-refractivity contribution in [1.29, 1.82) is 0 Å². The predicted molar refractivity (Wildman–Crippen MR) is 61.7 cm³/mol. The van der Waals surface area contributed by atoms with Gasteiger partial charge in [-0.3, -0.25) is 4.90 Å². The summed E-state index contributed by atoms with van der Waals surface area (Å²) in [5.74, 6) is 0.820. The highest BCUT2D eigenvalue weighted by molar-refractivity contribution is 5.20. The summed E-state index contributed by atoms with van der Waals surface area (Å²) in [6.07, 6.45) is -0.0415. The van der Waals surface area contributed by atoms with Crippen molar-refractivity contribution in [2.45, 2.75) is 20.0 Å². The molecule has 1 radical (unpaired) electrons. The van der Waals surface area contributed by atoms with Crippen molar-refractivity contribution < 1.29 is 4.74 Å². The molecule has 0 saturated carbocycles. The van der Waals surface area contributed by atoms with Gasteiger partial charge in [-0.15, -0.1) is 0 Å². The minimum absolute atomic E-state index is 0.0415. The van der Waals surface area contributed by atoms with Crippen LogP contribution in [0, 0.1) is 6.07 Å². The maximum absolute atomic E-state index is 5.98. The van der Waals surface area contributed by atoms with Crippen LogP contribution < -0.4 is 10.5 Å². The fourth-order valence-electron chi connectivity index (χ4n) is 1.45. The molecule has 0 saturated heterocycles. The second kappa shape index (κ2) is 6.43. The van der Waals surface area contributed by atoms with Gasteiger partial charge in [0.15, 0.2) is 0 Å². The third kappa shape index (κ3) is 3.90. The Morgan fingerprint density at radius 3 is 2.73 bits per heavy atom. The van der Waals surface area contributed by atoms with Crippen molar-refractivity contribution in [3.8, 4) is 5.75 Å². The lowest BCUT2D eigenvalue weighted by Crippen LogP contribution is -2.45. The zero-order valence-electron chi connectivity index (χ0n) is 9.44. The van der Waals surface area contributed by atoms with Crippen LogP contribution in [0.3, 0.4) is 0 Å². The van der Waals surface area contributed by atoms with Crippen molar-refractivity contribution in [3.05, 3.63) is 30.3 Å². The van der Waals surface area contributed by atoms with Gasteiger partial charge in [-0.05, 0) is 31.3 Å². The van der Waals surface area contributed by atoms with Crippen LogP contribution in [0.15, 0.2) is 24.3 Å². The molecule has 1 atom stereocenters. The first kappa shape index (κ1) is 12.0. The molecule has 3 heteroatoms. The molecule has 1 unspecified atom stereocenters. The molecule has 0 bridgehead atoms. The van der Waals surface area contributed by atoms with E-state index >= 15 is 0 Å². The summed E-state index contributed by atoms with van der Waals surface area (Å²) in [5, 5.41) is 0. The quantitative estimate of drug-likeness (QED) is 0.718. The van der Waals surface area contributed by atoms with Gasteiger partial charge in [-0.2, -0.15) is 0 Å². The highest BCUT2D eigenvalue weighted by Gasteiger charge is 2.10. The summed E-state index contributed by atoms with van der Waals surface area (Å²) < 4.78 is 5.55. The molecule has 83 valence electrons. The Morgan fingerprint density at radius 1 is 1.47 bits per heavy atom. The highest BCUT2D eigenvalue weighted by Crippen LogP contribution is 2.08. The largest absolute Gasteiger partial charge is 0.491 e. The fourth-order valence-corrected chi connectivity index (χ4v) is 1.45. The summed E-state index contributed by atoms with van der Waals surface area (Å²) in [5.41, 5.74) is 5.98. The van der Waals surface area contributed by atoms with Gasteiger partial charge in [0.25, 0.3) is 0 Å². The van der Waals surface area contributed by atoms with Crippen LogP contribution >= 0.6 is 0 Å². The number of hydrogen-bond donors (Lipinski definition) is 1. The average Bonchev–Trinajstić information content (AvgIpc) is 2.29. The lowest BCUT2D eigenvalue weighted by molar-refractivity contribution is 0.150. The van der Waals surface area contributed by atoms with Gasteiger partial charge < -0.3 is 10.5 Å². The van der Waals surface area contributed by atoms with Gasteiger partial charge in [-0.1, -0.05) is 26.0 Å². The topological polar surface area (TPSA) is 38.5 Å². The molecule has 1 rings (SSSR count). The average molecular weight is 207 g/mol. The predicted octanol–water partition coefficient (Wildman–Crippen LogP) is 1.49. The number of nitrogens with zero attached hydrogens (tertiary/aromatic N) is 1. The minimum atomic E-state index is -0.0415. The second-order valence-electron chi connectivity index (χ2n) is 3.34. The molecular formula is C12H19N2O. The van der Waals surface area contributed by atoms with E-state index in [2.05, 4.69) is 24.8 Å². The molecular weight excluding hydrogens is 188 g/mol. The van der Waals surface area contributed by atoms with E-state index in [1.54, 1.807) is 0 Å². The van der Waals surface area contributed by atoms with Crippen LogP contribution in [0.25, 0.3) is 0 Å². The van der Waals surface area contributed by atoms with Crippen LogP contribution in [0.2, 0.25) is 0 Å².